The molecule has 0 saturated carbocycles. The quantitative estimate of drug-likeness (QED) is 0.929. The van der Waals surface area contributed by atoms with Gasteiger partial charge in [0.25, 0.3) is 0 Å². The second-order valence-electron chi connectivity index (χ2n) is 4.63. The molecule has 0 radical (unpaired) electrons. The van der Waals surface area contributed by atoms with E-state index in [9.17, 15) is 4.79 Å². The molecule has 1 N–H and O–H groups in total. The largest absolute Gasteiger partial charge is 0.486 e. The van der Waals surface area contributed by atoms with Gasteiger partial charge in [-0.1, -0.05) is 12.1 Å². The predicted molar refractivity (Wildman–Crippen MR) is 76.6 cm³/mol. The van der Waals surface area contributed by atoms with E-state index in [4.69, 9.17) is 21.1 Å². The molecule has 1 aliphatic heterocycles. The van der Waals surface area contributed by atoms with Gasteiger partial charge in [0.05, 0.1) is 6.54 Å². The summed E-state index contributed by atoms with van der Waals surface area (Å²) in [5.74, 6) is 1.27. The van der Waals surface area contributed by atoms with Crippen LogP contribution in [0, 0.1) is 0 Å². The highest BCUT2D eigenvalue weighted by Gasteiger charge is 2.21. The average molecular weight is 308 g/mol. The van der Waals surface area contributed by atoms with Gasteiger partial charge in [0.15, 0.2) is 11.5 Å². The van der Waals surface area contributed by atoms with Crippen LogP contribution < -0.4 is 14.8 Å². The number of hydrogen-bond acceptors (Lipinski definition) is 4. The van der Waals surface area contributed by atoms with Crippen molar-refractivity contribution in [3.8, 4) is 11.5 Å². The molecule has 1 atom stereocenters. The van der Waals surface area contributed by atoms with Gasteiger partial charge in [-0.05, 0) is 23.7 Å². The molecule has 1 unspecified atom stereocenters. The number of fused-ring (bicyclic) bond motifs is 1. The molecule has 3 rings (SSSR count). The number of nitrogens with zero attached hydrogens (tertiary/aromatic N) is 2. The number of nitrogens with one attached hydrogen (secondary N) is 1. The van der Waals surface area contributed by atoms with Crippen LogP contribution in [0.5, 0.6) is 11.5 Å². The average Bonchev–Trinajstić information content (AvgIpc) is 2.90. The van der Waals surface area contributed by atoms with Crippen LogP contribution >= 0.6 is 11.6 Å². The Labute approximate surface area is 126 Å². The van der Waals surface area contributed by atoms with Gasteiger partial charge in [-0.2, -0.15) is 0 Å². The number of rotatable bonds is 4. The normalized spacial score (nSPS) is 16.5. The number of aromatic nitrogens is 2. The zero-order valence-electron chi connectivity index (χ0n) is 11.2. The van der Waals surface area contributed by atoms with Crippen LogP contribution in [-0.4, -0.2) is 34.7 Å². The van der Waals surface area contributed by atoms with Crippen molar-refractivity contribution in [2.75, 3.05) is 13.2 Å². The molecule has 0 fully saturated rings. The van der Waals surface area contributed by atoms with Crippen LogP contribution in [0.2, 0.25) is 5.28 Å². The molecule has 2 aromatic rings. The first kappa shape index (κ1) is 13.8. The van der Waals surface area contributed by atoms with Crippen molar-refractivity contribution in [3.05, 3.63) is 41.9 Å². The smallest absolute Gasteiger partial charge is 0.240 e. The second-order valence-corrected chi connectivity index (χ2v) is 4.96. The summed E-state index contributed by atoms with van der Waals surface area (Å²) in [6.07, 6.45) is 2.99. The first-order chi connectivity index (χ1) is 10.2. The Morgan fingerprint density at radius 2 is 2.24 bits per heavy atom. The molecule has 7 heteroatoms. The van der Waals surface area contributed by atoms with E-state index in [-0.39, 0.29) is 23.8 Å². The van der Waals surface area contributed by atoms with Crippen LogP contribution in [0.15, 0.2) is 36.7 Å². The maximum absolute atomic E-state index is 11.8. The Bertz CT molecular complexity index is 644. The molecular weight excluding hydrogens is 294 g/mol. The molecule has 21 heavy (non-hydrogen) atoms. The molecule has 0 aliphatic carbocycles. The van der Waals surface area contributed by atoms with Crippen LogP contribution in [0.4, 0.5) is 0 Å². The molecule has 0 bridgehead atoms. The van der Waals surface area contributed by atoms with Gasteiger partial charge in [-0.15, -0.1) is 0 Å². The first-order valence-corrected chi connectivity index (χ1v) is 6.92. The number of carbonyl (C=O) groups is 1. The standard InChI is InChI=1S/C14H14ClN3O3/c15-14-16-5-6-18(14)8-13(19)17-7-10-9-20-11-3-1-2-4-12(11)21-10/h1-6,10H,7-9H2,(H,17,19). The third kappa shape index (κ3) is 3.28. The van der Waals surface area contributed by atoms with E-state index in [2.05, 4.69) is 10.3 Å². The zero-order valence-corrected chi connectivity index (χ0v) is 11.9. The van der Waals surface area contributed by atoms with Crippen molar-refractivity contribution in [1.29, 1.82) is 0 Å². The fourth-order valence-corrected chi connectivity index (χ4v) is 2.20. The van der Waals surface area contributed by atoms with Gasteiger partial charge in [0.1, 0.15) is 19.3 Å². The van der Waals surface area contributed by atoms with E-state index < -0.39 is 0 Å². The first-order valence-electron chi connectivity index (χ1n) is 6.54. The topological polar surface area (TPSA) is 65.4 Å². The van der Waals surface area contributed by atoms with Gasteiger partial charge in [0, 0.05) is 12.4 Å². The maximum atomic E-state index is 11.8. The lowest BCUT2D eigenvalue weighted by atomic mass is 10.2. The number of halogens is 1. The Balaban J connectivity index is 1.50. The Hall–Kier alpha value is -2.21. The summed E-state index contributed by atoms with van der Waals surface area (Å²) < 4.78 is 12.9. The third-order valence-electron chi connectivity index (χ3n) is 3.07. The van der Waals surface area contributed by atoms with Crippen LogP contribution in [0.1, 0.15) is 0 Å². The number of amides is 1. The van der Waals surface area contributed by atoms with Crippen LogP contribution in [0.25, 0.3) is 0 Å². The summed E-state index contributed by atoms with van der Waals surface area (Å²) >= 11 is 5.82. The van der Waals surface area contributed by atoms with Gasteiger partial charge in [-0.3, -0.25) is 4.79 Å². The fraction of sp³-hybridized carbons (Fsp3) is 0.286. The highest BCUT2D eigenvalue weighted by molar-refractivity contribution is 6.28. The number of para-hydroxylation sites is 2. The van der Waals surface area contributed by atoms with Gasteiger partial charge < -0.3 is 19.4 Å². The molecular formula is C14H14ClN3O3. The summed E-state index contributed by atoms with van der Waals surface area (Å²) in [6.45, 7) is 0.908. The maximum Gasteiger partial charge on any atom is 0.240 e. The SMILES string of the molecule is O=C(Cn1ccnc1Cl)NCC1COc2ccccc2O1. The van der Waals surface area contributed by atoms with Crippen molar-refractivity contribution in [2.24, 2.45) is 0 Å². The van der Waals surface area contributed by atoms with Crippen molar-refractivity contribution in [1.82, 2.24) is 14.9 Å². The van der Waals surface area contributed by atoms with E-state index >= 15 is 0 Å². The summed E-state index contributed by atoms with van der Waals surface area (Å²) in [7, 11) is 0. The molecule has 1 aliphatic rings. The number of hydrogen-bond donors (Lipinski definition) is 1. The third-order valence-corrected chi connectivity index (χ3v) is 3.39. The number of benzene rings is 1. The van der Waals surface area contributed by atoms with E-state index in [1.165, 1.54) is 0 Å². The van der Waals surface area contributed by atoms with Crippen molar-refractivity contribution < 1.29 is 14.3 Å². The second kappa shape index (κ2) is 6.05. The number of carbonyl (C=O) groups excluding carboxylic acids is 1. The molecule has 6 nitrogen and oxygen atoms in total. The fourth-order valence-electron chi connectivity index (χ4n) is 2.03. The summed E-state index contributed by atoms with van der Waals surface area (Å²) in [6, 6.07) is 7.46. The van der Waals surface area contributed by atoms with Gasteiger partial charge in [-0.25, -0.2) is 4.98 Å². The monoisotopic (exact) mass is 307 g/mol. The number of ether oxygens (including phenoxy) is 2. The lowest BCUT2D eigenvalue weighted by Gasteiger charge is -2.26. The zero-order chi connectivity index (χ0) is 14.7. The molecule has 2 heterocycles. The minimum atomic E-state index is -0.206. The molecule has 0 saturated heterocycles. The van der Waals surface area contributed by atoms with Crippen LogP contribution in [-0.2, 0) is 11.3 Å². The molecule has 110 valence electrons. The van der Waals surface area contributed by atoms with Crippen molar-refractivity contribution in [2.45, 2.75) is 12.6 Å². The van der Waals surface area contributed by atoms with Gasteiger partial charge >= 0.3 is 0 Å². The predicted octanol–water partition coefficient (Wildman–Crippen LogP) is 1.49. The van der Waals surface area contributed by atoms with E-state index in [1.54, 1.807) is 17.0 Å². The minimum Gasteiger partial charge on any atom is -0.486 e. The Morgan fingerprint density at radius 1 is 1.43 bits per heavy atom. The van der Waals surface area contributed by atoms with E-state index in [1.807, 2.05) is 24.3 Å². The van der Waals surface area contributed by atoms with Crippen LogP contribution in [0.3, 0.4) is 0 Å². The lowest BCUT2D eigenvalue weighted by molar-refractivity contribution is -0.122. The highest BCUT2D eigenvalue weighted by atomic mass is 35.5. The summed E-state index contributed by atoms with van der Waals surface area (Å²) in [5, 5.41) is 3.09. The Kier molecular flexibility index (Phi) is 3.96. The van der Waals surface area contributed by atoms with Gasteiger partial charge in [0.2, 0.25) is 11.2 Å². The van der Waals surface area contributed by atoms with E-state index in [0.717, 1.165) is 5.75 Å². The molecule has 1 amide bonds. The minimum absolute atomic E-state index is 0.128. The van der Waals surface area contributed by atoms with Crippen molar-refractivity contribution in [3.63, 3.8) is 0 Å². The molecule has 0 spiro atoms. The molecule has 1 aromatic heterocycles. The number of imidazole rings is 1. The highest BCUT2D eigenvalue weighted by Crippen LogP contribution is 2.30. The molecule has 1 aromatic carbocycles. The lowest BCUT2D eigenvalue weighted by Crippen LogP contribution is -2.41. The summed E-state index contributed by atoms with van der Waals surface area (Å²) in [5.41, 5.74) is 0. The van der Waals surface area contributed by atoms with Crippen molar-refractivity contribution >= 4 is 17.5 Å². The summed E-state index contributed by atoms with van der Waals surface area (Å²) in [4.78, 5) is 15.7. The van der Waals surface area contributed by atoms with E-state index in [0.29, 0.717) is 18.9 Å². The Morgan fingerprint density at radius 3 is 3.00 bits per heavy atom.